The molecule has 0 unspecified atom stereocenters. The highest BCUT2D eigenvalue weighted by molar-refractivity contribution is 8.03. The zero-order valence-corrected chi connectivity index (χ0v) is 21.3. The lowest BCUT2D eigenvalue weighted by molar-refractivity contribution is -0.155. The van der Waals surface area contributed by atoms with E-state index in [0.717, 1.165) is 41.0 Å². The van der Waals surface area contributed by atoms with Gasteiger partial charge in [-0.1, -0.05) is 54.6 Å². The topological polar surface area (TPSA) is 44.8 Å². The number of methoxy groups -OCH3 is 2. The van der Waals surface area contributed by atoms with Crippen molar-refractivity contribution in [3.8, 4) is 11.5 Å². The Morgan fingerprint density at radius 3 is 1.56 bits per heavy atom. The van der Waals surface area contributed by atoms with Crippen molar-refractivity contribution >= 4 is 17.7 Å². The van der Waals surface area contributed by atoms with Crippen LogP contribution in [0.2, 0.25) is 0 Å². The summed E-state index contributed by atoms with van der Waals surface area (Å²) in [5.41, 5.74) is 2.71. The molecular weight excluding hydrogens is 444 g/mol. The molecule has 1 fully saturated rings. The molecular formula is C29H32O4S. The third kappa shape index (κ3) is 4.80. The number of benzene rings is 3. The number of esters is 1. The van der Waals surface area contributed by atoms with E-state index >= 15 is 0 Å². The Morgan fingerprint density at radius 1 is 0.735 bits per heavy atom. The van der Waals surface area contributed by atoms with Crippen molar-refractivity contribution < 1.29 is 19.0 Å². The number of carbonyl (C=O) groups is 1. The average molecular weight is 477 g/mol. The average Bonchev–Trinajstić information content (AvgIpc) is 3.63. The fourth-order valence-electron chi connectivity index (χ4n) is 4.13. The van der Waals surface area contributed by atoms with Gasteiger partial charge in [0.15, 0.2) is 0 Å². The zero-order valence-electron chi connectivity index (χ0n) is 20.5. The summed E-state index contributed by atoms with van der Waals surface area (Å²) < 4.78 is 15.5. The van der Waals surface area contributed by atoms with E-state index in [0.29, 0.717) is 0 Å². The molecule has 0 bridgehead atoms. The third-order valence-electron chi connectivity index (χ3n) is 6.00. The predicted octanol–water partition coefficient (Wildman–Crippen LogP) is 6.60. The molecule has 1 aliphatic rings. The minimum atomic E-state index is -0.632. The smallest absolute Gasteiger partial charge is 0.322 e. The molecule has 0 amide bonds. The van der Waals surface area contributed by atoms with E-state index in [4.69, 9.17) is 14.2 Å². The second-order valence-electron chi connectivity index (χ2n) is 9.60. The van der Waals surface area contributed by atoms with Crippen molar-refractivity contribution in [1.29, 1.82) is 0 Å². The highest BCUT2D eigenvalue weighted by Gasteiger charge is 2.58. The third-order valence-corrected chi connectivity index (χ3v) is 7.98. The summed E-state index contributed by atoms with van der Waals surface area (Å²) in [5, 5.41) is 0. The second-order valence-corrected chi connectivity index (χ2v) is 11.2. The van der Waals surface area contributed by atoms with Gasteiger partial charge < -0.3 is 14.2 Å². The molecule has 1 aliphatic carbocycles. The number of ether oxygens (including phenoxy) is 3. The maximum absolute atomic E-state index is 13.4. The van der Waals surface area contributed by atoms with Crippen molar-refractivity contribution in [3.63, 3.8) is 0 Å². The van der Waals surface area contributed by atoms with Gasteiger partial charge in [-0.25, -0.2) is 0 Å². The molecule has 0 atom stereocenters. The molecule has 1 saturated carbocycles. The van der Waals surface area contributed by atoms with Gasteiger partial charge >= 0.3 is 5.97 Å². The minimum Gasteiger partial charge on any atom is -0.497 e. The number of carbonyl (C=O) groups excluding carboxylic acids is 1. The predicted molar refractivity (Wildman–Crippen MR) is 138 cm³/mol. The first-order valence-corrected chi connectivity index (χ1v) is 12.3. The van der Waals surface area contributed by atoms with Crippen LogP contribution in [0.5, 0.6) is 11.5 Å². The van der Waals surface area contributed by atoms with Crippen LogP contribution in [0.3, 0.4) is 0 Å². The monoisotopic (exact) mass is 476 g/mol. The van der Waals surface area contributed by atoms with Crippen LogP contribution >= 0.6 is 11.8 Å². The summed E-state index contributed by atoms with van der Waals surface area (Å²) in [7, 11) is 3.33. The fraction of sp³-hybridized carbons (Fsp3) is 0.345. The lowest BCUT2D eigenvalue weighted by Crippen LogP contribution is -2.36. The summed E-state index contributed by atoms with van der Waals surface area (Å²) in [6, 6.07) is 26.6. The molecule has 3 aromatic carbocycles. The van der Waals surface area contributed by atoms with Gasteiger partial charge in [0.1, 0.15) is 21.8 Å². The summed E-state index contributed by atoms with van der Waals surface area (Å²) >= 11 is 1.68. The van der Waals surface area contributed by atoms with Gasteiger partial charge in [-0.3, -0.25) is 4.79 Å². The van der Waals surface area contributed by atoms with E-state index < -0.39 is 15.1 Å². The molecule has 3 aromatic rings. The number of thioether (sulfide) groups is 1. The van der Waals surface area contributed by atoms with Crippen LogP contribution < -0.4 is 9.47 Å². The van der Waals surface area contributed by atoms with E-state index in [9.17, 15) is 4.79 Å². The molecule has 4 nitrogen and oxygen atoms in total. The quantitative estimate of drug-likeness (QED) is 0.271. The van der Waals surface area contributed by atoms with Gasteiger partial charge in [0.05, 0.1) is 19.0 Å². The van der Waals surface area contributed by atoms with E-state index in [1.165, 1.54) is 0 Å². The normalized spacial score (nSPS) is 14.9. The standard InChI is InChI=1S/C29H32O4S/c1-27(2,3)33-26(30)28(19-20-28)34-29(21-9-7-6-8-10-21,22-11-15-24(31-4)16-12-22)23-13-17-25(32-5)18-14-23/h6-18H,19-20H2,1-5H3. The van der Waals surface area contributed by atoms with Crippen LogP contribution in [0.25, 0.3) is 0 Å². The van der Waals surface area contributed by atoms with Crippen molar-refractivity contribution in [2.24, 2.45) is 0 Å². The molecule has 4 rings (SSSR count). The van der Waals surface area contributed by atoms with Gasteiger partial charge in [-0.05, 0) is 74.6 Å². The highest BCUT2D eigenvalue weighted by Crippen LogP contribution is 2.62. The summed E-state index contributed by atoms with van der Waals surface area (Å²) in [5.74, 6) is 1.43. The first-order chi connectivity index (χ1) is 16.2. The zero-order chi connectivity index (χ0) is 24.4. The van der Waals surface area contributed by atoms with Crippen molar-refractivity contribution in [3.05, 3.63) is 95.6 Å². The lowest BCUT2D eigenvalue weighted by atomic mass is 9.84. The van der Waals surface area contributed by atoms with Crippen molar-refractivity contribution in [1.82, 2.24) is 0 Å². The molecule has 0 heterocycles. The van der Waals surface area contributed by atoms with Crippen LogP contribution in [-0.2, 0) is 14.3 Å². The highest BCUT2D eigenvalue weighted by atomic mass is 32.2. The summed E-state index contributed by atoms with van der Waals surface area (Å²) in [6.07, 6.45) is 1.57. The van der Waals surface area contributed by atoms with Crippen molar-refractivity contribution in [2.45, 2.75) is 48.7 Å². The van der Waals surface area contributed by atoms with Gasteiger partial charge in [-0.2, -0.15) is 0 Å². The van der Waals surface area contributed by atoms with E-state index in [1.807, 2.05) is 63.2 Å². The maximum Gasteiger partial charge on any atom is 0.322 e. The molecule has 178 valence electrons. The Balaban J connectivity index is 1.91. The summed E-state index contributed by atoms with van der Waals surface area (Å²) in [6.45, 7) is 5.76. The fourth-order valence-corrected chi connectivity index (χ4v) is 5.91. The van der Waals surface area contributed by atoms with E-state index in [1.54, 1.807) is 26.0 Å². The van der Waals surface area contributed by atoms with Gasteiger partial charge in [0.25, 0.3) is 0 Å². The summed E-state index contributed by atoms with van der Waals surface area (Å²) in [4.78, 5) is 13.4. The van der Waals surface area contributed by atoms with Crippen molar-refractivity contribution in [2.75, 3.05) is 14.2 Å². The Hall–Kier alpha value is -2.92. The molecule has 5 heteroatoms. The molecule has 0 aliphatic heterocycles. The SMILES string of the molecule is COc1ccc(C(SC2(C(=O)OC(C)(C)C)CC2)(c2ccccc2)c2ccc(OC)cc2)cc1. The van der Waals surface area contributed by atoms with E-state index in [2.05, 4.69) is 36.4 Å². The number of hydrogen-bond acceptors (Lipinski definition) is 5. The minimum absolute atomic E-state index is 0.146. The lowest BCUT2D eigenvalue weighted by Gasteiger charge is -2.38. The Bertz CT molecular complexity index is 1060. The first kappa shape index (κ1) is 24.2. The Morgan fingerprint density at radius 2 is 1.18 bits per heavy atom. The van der Waals surface area contributed by atoms with Crippen LogP contribution in [0.1, 0.15) is 50.3 Å². The van der Waals surface area contributed by atoms with E-state index in [-0.39, 0.29) is 5.97 Å². The Kier molecular flexibility index (Phi) is 6.68. The first-order valence-electron chi connectivity index (χ1n) is 11.5. The number of rotatable bonds is 8. The van der Waals surface area contributed by atoms with Crippen LogP contribution in [0.4, 0.5) is 0 Å². The molecule has 0 aromatic heterocycles. The Labute approximate surface area is 206 Å². The molecule has 0 radical (unpaired) electrons. The van der Waals surface area contributed by atoms with Crippen LogP contribution in [0, 0.1) is 0 Å². The maximum atomic E-state index is 13.4. The molecule has 0 N–H and O–H groups in total. The molecule has 0 saturated heterocycles. The number of hydrogen-bond donors (Lipinski definition) is 0. The molecule has 0 spiro atoms. The van der Waals surface area contributed by atoms with Gasteiger partial charge in [0, 0.05) is 0 Å². The molecule has 34 heavy (non-hydrogen) atoms. The van der Waals surface area contributed by atoms with Gasteiger partial charge in [-0.15, -0.1) is 11.8 Å². The largest absolute Gasteiger partial charge is 0.497 e. The second kappa shape index (κ2) is 9.38. The van der Waals surface area contributed by atoms with Crippen LogP contribution in [0.15, 0.2) is 78.9 Å². The van der Waals surface area contributed by atoms with Gasteiger partial charge in [0.2, 0.25) is 0 Å². The van der Waals surface area contributed by atoms with Crippen LogP contribution in [-0.4, -0.2) is 30.5 Å².